The minimum absolute atomic E-state index is 0.0920. The molecule has 1 aromatic rings. The van der Waals surface area contributed by atoms with Crippen molar-refractivity contribution in [1.29, 1.82) is 0 Å². The number of hydrogen-bond acceptors (Lipinski definition) is 5. The van der Waals surface area contributed by atoms with Gasteiger partial charge in [0.25, 0.3) is 14.7 Å². The van der Waals surface area contributed by atoms with E-state index in [9.17, 15) is 25.3 Å². The first-order chi connectivity index (χ1) is 7.52. The molecule has 0 radical (unpaired) electrons. The molecule has 0 heterocycles. The summed E-state index contributed by atoms with van der Waals surface area (Å²) in [5.41, 5.74) is 0.0920. The van der Waals surface area contributed by atoms with Crippen molar-refractivity contribution in [2.24, 2.45) is 0 Å². The summed E-state index contributed by atoms with van der Waals surface area (Å²) in [7, 11) is -1.18. The van der Waals surface area contributed by atoms with Gasteiger partial charge in [0.15, 0.2) is 5.03 Å². The number of aliphatic hydroxyl groups excluding tert-OH is 1. The topological polar surface area (TPSA) is 110 Å². The molecule has 2 unspecified atom stereocenters. The molecule has 0 aliphatic rings. The number of benzene rings is 1. The largest absolute Gasteiger partial charge is 0.360 e. The normalized spacial score (nSPS) is 12.6. The zero-order chi connectivity index (χ0) is 12.1. The summed E-state index contributed by atoms with van der Waals surface area (Å²) in [6, 6.07) is 7.48. The Labute approximate surface area is 91.6 Å². The van der Waals surface area contributed by atoms with Crippen molar-refractivity contribution in [2.45, 2.75) is 5.97 Å². The number of para-hydroxylation sites is 1. The van der Waals surface area contributed by atoms with Gasteiger partial charge in [-0.15, -0.1) is 0 Å². The molecule has 0 spiro atoms. The highest BCUT2D eigenvalue weighted by Crippen LogP contribution is 2.25. The summed E-state index contributed by atoms with van der Waals surface area (Å²) >= 11 is 0. The van der Waals surface area contributed by atoms with Gasteiger partial charge < -0.3 is 5.11 Å². The molecule has 0 aliphatic carbocycles. The van der Waals surface area contributed by atoms with Crippen LogP contribution in [0, 0.1) is 20.2 Å². The molecule has 0 aromatic heterocycles. The lowest BCUT2D eigenvalue weighted by molar-refractivity contribution is -0.504. The van der Waals surface area contributed by atoms with E-state index >= 15 is 0 Å². The summed E-state index contributed by atoms with van der Waals surface area (Å²) in [5.74, 6) is -1.77. The molecule has 1 rings (SSSR count). The second-order valence-corrected chi connectivity index (χ2v) is 3.82. The summed E-state index contributed by atoms with van der Waals surface area (Å²) in [6.07, 6.45) is 0. The molecule has 0 aliphatic heterocycles. The molecule has 0 saturated heterocycles. The van der Waals surface area contributed by atoms with Crippen molar-refractivity contribution in [3.05, 3.63) is 50.6 Å². The SMILES string of the molecule is O=[N+]([O-])PC(O)N(c1ccccc1)[N+](=O)[O-]. The van der Waals surface area contributed by atoms with Gasteiger partial charge in [0.05, 0.1) is 0 Å². The fourth-order valence-corrected chi connectivity index (χ4v) is 1.60. The first-order valence-corrected chi connectivity index (χ1v) is 5.12. The van der Waals surface area contributed by atoms with E-state index in [1.165, 1.54) is 24.3 Å². The second kappa shape index (κ2) is 5.34. The number of aliphatic hydroxyl groups is 1. The number of hydrogen-bond donors (Lipinski definition) is 1. The fraction of sp³-hybridized carbons (Fsp3) is 0.143. The van der Waals surface area contributed by atoms with Crippen LogP contribution in [0.15, 0.2) is 30.3 Å². The Kier molecular flexibility index (Phi) is 4.10. The number of hydrazine groups is 1. The minimum atomic E-state index is -1.77. The van der Waals surface area contributed by atoms with Crippen molar-refractivity contribution in [3.63, 3.8) is 0 Å². The Morgan fingerprint density at radius 1 is 1.25 bits per heavy atom. The molecular formula is C7H8N3O5P. The molecule has 0 saturated carbocycles. The lowest BCUT2D eigenvalue weighted by atomic mass is 10.3. The van der Waals surface area contributed by atoms with E-state index < -0.39 is 24.4 Å². The predicted octanol–water partition coefficient (Wildman–Crippen LogP) is 0.831. The molecule has 16 heavy (non-hydrogen) atoms. The summed E-state index contributed by atoms with van der Waals surface area (Å²) in [5, 5.41) is 29.7. The molecule has 0 amide bonds. The van der Waals surface area contributed by atoms with Crippen molar-refractivity contribution in [3.8, 4) is 0 Å². The molecule has 1 N–H and O–H groups in total. The zero-order valence-corrected chi connectivity index (χ0v) is 8.89. The lowest BCUT2D eigenvalue weighted by Gasteiger charge is -2.16. The molecule has 86 valence electrons. The predicted molar refractivity (Wildman–Crippen MR) is 57.2 cm³/mol. The highest BCUT2D eigenvalue weighted by Gasteiger charge is 2.31. The highest BCUT2D eigenvalue weighted by atomic mass is 31.1. The number of anilines is 1. The van der Waals surface area contributed by atoms with Gasteiger partial charge in [-0.2, -0.15) is 0 Å². The standard InChI is InChI=1S/C7H8N3O5P/c11-7(16-10(14)15)8(9(12)13)6-4-2-1-3-5-6/h1-5,7,11,16H. The van der Waals surface area contributed by atoms with Crippen molar-refractivity contribution < 1.29 is 14.8 Å². The second-order valence-electron chi connectivity index (χ2n) is 2.68. The van der Waals surface area contributed by atoms with E-state index in [0.717, 1.165) is 0 Å². The minimum Gasteiger partial charge on any atom is -0.360 e. The van der Waals surface area contributed by atoms with Crippen LogP contribution in [0.3, 0.4) is 0 Å². The Morgan fingerprint density at radius 3 is 2.25 bits per heavy atom. The van der Waals surface area contributed by atoms with E-state index in [1.54, 1.807) is 6.07 Å². The van der Waals surface area contributed by atoms with Gasteiger partial charge in [-0.1, -0.05) is 23.2 Å². The smallest absolute Gasteiger partial charge is 0.293 e. The first kappa shape index (κ1) is 12.3. The molecular weight excluding hydrogens is 237 g/mol. The number of rotatable bonds is 5. The molecule has 8 nitrogen and oxygen atoms in total. The van der Waals surface area contributed by atoms with Gasteiger partial charge in [0, 0.05) is 4.69 Å². The molecule has 2 atom stereocenters. The third kappa shape index (κ3) is 3.11. The Morgan fingerprint density at radius 2 is 1.81 bits per heavy atom. The highest BCUT2D eigenvalue weighted by molar-refractivity contribution is 7.31. The number of nitro groups is 2. The number of nitrogens with zero attached hydrogens (tertiary/aromatic N) is 3. The van der Waals surface area contributed by atoms with Crippen LogP contribution < -0.4 is 5.01 Å². The van der Waals surface area contributed by atoms with Crippen molar-refractivity contribution in [1.82, 2.24) is 0 Å². The van der Waals surface area contributed by atoms with E-state index in [4.69, 9.17) is 0 Å². The van der Waals surface area contributed by atoms with E-state index in [2.05, 4.69) is 0 Å². The van der Waals surface area contributed by atoms with Crippen LogP contribution in [0.2, 0.25) is 0 Å². The third-order valence-corrected chi connectivity index (χ3v) is 2.34. The average Bonchev–Trinajstić information content (AvgIpc) is 2.17. The van der Waals surface area contributed by atoms with Gasteiger partial charge in [0.1, 0.15) is 5.69 Å². The monoisotopic (exact) mass is 245 g/mol. The van der Waals surface area contributed by atoms with Gasteiger partial charge in [0.2, 0.25) is 0 Å². The van der Waals surface area contributed by atoms with Crippen molar-refractivity contribution in [2.75, 3.05) is 5.01 Å². The Bertz CT molecular complexity index is 387. The van der Waals surface area contributed by atoms with Gasteiger partial charge in [-0.3, -0.25) is 10.1 Å². The van der Waals surface area contributed by atoms with Gasteiger partial charge >= 0.3 is 0 Å². The maximum atomic E-state index is 10.7. The lowest BCUT2D eigenvalue weighted by Crippen LogP contribution is -2.37. The average molecular weight is 245 g/mol. The van der Waals surface area contributed by atoms with E-state index in [1.807, 2.05) is 0 Å². The van der Waals surface area contributed by atoms with Crippen LogP contribution in [-0.4, -0.2) is 20.8 Å². The maximum Gasteiger partial charge on any atom is 0.293 e. The quantitative estimate of drug-likeness (QED) is 0.356. The third-order valence-electron chi connectivity index (χ3n) is 1.65. The summed E-state index contributed by atoms with van der Waals surface area (Å²) in [6.45, 7) is 0. The van der Waals surface area contributed by atoms with Crippen LogP contribution in [0.25, 0.3) is 0 Å². The van der Waals surface area contributed by atoms with Crippen LogP contribution in [0.5, 0.6) is 0 Å². The van der Waals surface area contributed by atoms with Crippen LogP contribution >= 0.6 is 8.73 Å². The van der Waals surface area contributed by atoms with Crippen LogP contribution in [-0.2, 0) is 0 Å². The Hall–Kier alpha value is -1.79. The summed E-state index contributed by atoms with van der Waals surface area (Å²) in [4.78, 5) is 20.9. The first-order valence-electron chi connectivity index (χ1n) is 4.09. The molecule has 0 fully saturated rings. The van der Waals surface area contributed by atoms with Gasteiger partial charge in [-0.05, 0) is 12.1 Å². The van der Waals surface area contributed by atoms with Crippen molar-refractivity contribution >= 4 is 14.4 Å². The van der Waals surface area contributed by atoms with Gasteiger partial charge in [-0.25, -0.2) is 10.1 Å². The molecule has 1 aromatic carbocycles. The van der Waals surface area contributed by atoms with Crippen LogP contribution in [0.4, 0.5) is 5.69 Å². The van der Waals surface area contributed by atoms with Crippen LogP contribution in [0.1, 0.15) is 0 Å². The fourth-order valence-electron chi connectivity index (χ4n) is 1.05. The maximum absolute atomic E-state index is 10.7. The van der Waals surface area contributed by atoms with E-state index in [0.29, 0.717) is 5.01 Å². The van der Waals surface area contributed by atoms with E-state index in [-0.39, 0.29) is 5.69 Å². The zero-order valence-electron chi connectivity index (χ0n) is 7.89. The molecule has 0 bridgehead atoms. The Balaban J connectivity index is 2.92. The summed E-state index contributed by atoms with van der Waals surface area (Å²) < 4.78 is -0.788. The molecule has 9 heteroatoms.